The third kappa shape index (κ3) is 3.48. The number of thiocarbonyl (C=S) groups is 1. The first-order valence-corrected chi connectivity index (χ1v) is 3.84. The van der Waals surface area contributed by atoms with Gasteiger partial charge in [-0.25, -0.2) is 0 Å². The molecule has 0 spiro atoms. The van der Waals surface area contributed by atoms with Crippen molar-refractivity contribution in [3.05, 3.63) is 24.3 Å². The zero-order chi connectivity index (χ0) is 8.97. The molecule has 0 atom stereocenters. The maximum Gasteiger partial charge on any atom is 0.168 e. The Hall–Kier alpha value is -1.00. The number of rotatable bonds is 2. The molecule has 0 aliphatic carbocycles. The smallest absolute Gasteiger partial charge is 0.168 e. The molecule has 5 heteroatoms. The van der Waals surface area contributed by atoms with Gasteiger partial charge in [-0.05, 0) is 24.4 Å². The quantitative estimate of drug-likeness (QED) is 0.743. The fourth-order valence-electron chi connectivity index (χ4n) is 0.881. The van der Waals surface area contributed by atoms with Gasteiger partial charge in [0.15, 0.2) is 5.11 Å². The minimum atomic E-state index is 0. The van der Waals surface area contributed by atoms with Crippen molar-refractivity contribution < 1.29 is 4.74 Å². The van der Waals surface area contributed by atoms with E-state index >= 15 is 0 Å². The van der Waals surface area contributed by atoms with Crippen LogP contribution in [-0.2, 0) is 0 Å². The number of para-hydroxylation sites is 2. The van der Waals surface area contributed by atoms with Crippen LogP contribution in [0.25, 0.3) is 0 Å². The van der Waals surface area contributed by atoms with Crippen molar-refractivity contribution in [1.29, 1.82) is 0 Å². The lowest BCUT2D eigenvalue weighted by atomic mass is 10.3. The van der Waals surface area contributed by atoms with Crippen molar-refractivity contribution in [3.8, 4) is 5.75 Å². The summed E-state index contributed by atoms with van der Waals surface area (Å²) in [5, 5.41) is 3.04. The first-order valence-electron chi connectivity index (χ1n) is 3.43. The summed E-state index contributed by atoms with van der Waals surface area (Å²) in [7, 11) is 1.60. The van der Waals surface area contributed by atoms with Crippen LogP contribution >= 0.6 is 24.6 Å². The molecule has 0 heterocycles. The fraction of sp³-hybridized carbons (Fsp3) is 0.125. The van der Waals surface area contributed by atoms with E-state index in [-0.39, 0.29) is 17.5 Å². The Morgan fingerprint density at radius 1 is 1.46 bits per heavy atom. The minimum absolute atomic E-state index is 0. The molecule has 0 aliphatic heterocycles. The predicted molar refractivity (Wildman–Crippen MR) is 60.7 cm³/mol. The molecule has 0 aliphatic rings. The summed E-state index contributed by atoms with van der Waals surface area (Å²) in [4.78, 5) is 0. The van der Waals surface area contributed by atoms with Gasteiger partial charge in [0.1, 0.15) is 5.75 Å². The zero-order valence-corrected chi connectivity index (χ0v) is 8.74. The predicted octanol–water partition coefficient (Wildman–Crippen LogP) is 1.77. The van der Waals surface area contributed by atoms with Gasteiger partial charge in [-0.1, -0.05) is 12.1 Å². The van der Waals surface area contributed by atoms with Crippen LogP contribution in [0, 0.1) is 0 Å². The highest BCUT2D eigenvalue weighted by Gasteiger charge is 1.99. The van der Waals surface area contributed by atoms with Crippen LogP contribution in [0.15, 0.2) is 24.3 Å². The van der Waals surface area contributed by atoms with E-state index in [1.54, 1.807) is 7.11 Å². The highest BCUT2D eigenvalue weighted by atomic mass is 35.5. The number of halogens is 1. The van der Waals surface area contributed by atoms with Crippen LogP contribution in [0.3, 0.4) is 0 Å². The second-order valence-electron chi connectivity index (χ2n) is 2.19. The molecule has 1 rings (SSSR count). The number of hydrogen-bond acceptors (Lipinski definition) is 2. The molecule has 0 bridgehead atoms. The highest BCUT2D eigenvalue weighted by molar-refractivity contribution is 7.80. The third-order valence-electron chi connectivity index (χ3n) is 1.36. The van der Waals surface area contributed by atoms with Crippen molar-refractivity contribution in [3.63, 3.8) is 0 Å². The Morgan fingerprint density at radius 2 is 2.08 bits per heavy atom. The van der Waals surface area contributed by atoms with Gasteiger partial charge in [-0.2, -0.15) is 0 Å². The lowest BCUT2D eigenvalue weighted by molar-refractivity contribution is 0.417. The number of nitrogens with two attached hydrogens (primary N) is 1. The molecule has 0 saturated heterocycles. The molecule has 0 radical (unpaired) electrons. The molecule has 13 heavy (non-hydrogen) atoms. The number of benzene rings is 1. The van der Waals surface area contributed by atoms with E-state index in [2.05, 4.69) is 5.32 Å². The van der Waals surface area contributed by atoms with Gasteiger partial charge in [0.2, 0.25) is 0 Å². The molecular formula is C8H11ClN2OS. The lowest BCUT2D eigenvalue weighted by Gasteiger charge is -2.08. The van der Waals surface area contributed by atoms with Crippen LogP contribution in [-0.4, -0.2) is 12.2 Å². The van der Waals surface area contributed by atoms with E-state index in [9.17, 15) is 0 Å². The van der Waals surface area contributed by atoms with Crippen molar-refractivity contribution in [2.75, 3.05) is 12.4 Å². The molecule has 0 aromatic heterocycles. The number of hydrogen-bond donors (Lipinski definition) is 2. The van der Waals surface area contributed by atoms with E-state index in [1.807, 2.05) is 24.3 Å². The van der Waals surface area contributed by atoms with E-state index in [0.717, 1.165) is 11.4 Å². The van der Waals surface area contributed by atoms with Gasteiger partial charge in [-0.15, -0.1) is 12.4 Å². The van der Waals surface area contributed by atoms with Crippen LogP contribution in [0.5, 0.6) is 5.75 Å². The number of ether oxygens (including phenoxy) is 1. The van der Waals surface area contributed by atoms with Gasteiger partial charge < -0.3 is 15.8 Å². The maximum atomic E-state index is 5.31. The first kappa shape index (κ1) is 12.0. The molecule has 3 N–H and O–H groups in total. The Morgan fingerprint density at radius 3 is 2.62 bits per heavy atom. The molecule has 0 saturated carbocycles. The van der Waals surface area contributed by atoms with Gasteiger partial charge in [0, 0.05) is 0 Å². The van der Waals surface area contributed by atoms with E-state index < -0.39 is 0 Å². The van der Waals surface area contributed by atoms with Crippen LogP contribution in [0.1, 0.15) is 0 Å². The van der Waals surface area contributed by atoms with Gasteiger partial charge in [0.05, 0.1) is 12.8 Å². The summed E-state index contributed by atoms with van der Waals surface area (Å²) < 4.78 is 5.07. The van der Waals surface area contributed by atoms with Crippen molar-refractivity contribution in [2.45, 2.75) is 0 Å². The van der Waals surface area contributed by atoms with Gasteiger partial charge in [0.25, 0.3) is 0 Å². The largest absolute Gasteiger partial charge is 0.495 e. The Bertz CT molecular complexity index is 293. The van der Waals surface area contributed by atoms with Crippen LogP contribution < -0.4 is 15.8 Å². The average molecular weight is 219 g/mol. The Balaban J connectivity index is 0.00000144. The Kier molecular flexibility index (Phi) is 5.18. The summed E-state index contributed by atoms with van der Waals surface area (Å²) >= 11 is 4.70. The zero-order valence-electron chi connectivity index (χ0n) is 7.11. The van der Waals surface area contributed by atoms with Gasteiger partial charge in [-0.3, -0.25) is 0 Å². The lowest BCUT2D eigenvalue weighted by Crippen LogP contribution is -2.19. The van der Waals surface area contributed by atoms with Crippen molar-refractivity contribution in [2.24, 2.45) is 5.73 Å². The van der Waals surface area contributed by atoms with Crippen molar-refractivity contribution >= 4 is 35.4 Å². The molecule has 0 amide bonds. The topological polar surface area (TPSA) is 47.3 Å². The van der Waals surface area contributed by atoms with Gasteiger partial charge >= 0.3 is 0 Å². The highest BCUT2D eigenvalue weighted by Crippen LogP contribution is 2.22. The monoisotopic (exact) mass is 218 g/mol. The molecule has 3 nitrogen and oxygen atoms in total. The summed E-state index contributed by atoms with van der Waals surface area (Å²) in [5.41, 5.74) is 6.10. The first-order chi connectivity index (χ1) is 5.74. The molecule has 1 aromatic rings. The Labute approximate surface area is 88.7 Å². The molecule has 0 fully saturated rings. The maximum absolute atomic E-state index is 5.31. The SMILES string of the molecule is COc1ccccc1NC(N)=S.Cl. The van der Waals surface area contributed by atoms with E-state index in [4.69, 9.17) is 22.7 Å². The number of methoxy groups -OCH3 is 1. The molecular weight excluding hydrogens is 208 g/mol. The van der Waals surface area contributed by atoms with Crippen LogP contribution in [0.4, 0.5) is 5.69 Å². The normalized spacial score (nSPS) is 8.38. The molecule has 72 valence electrons. The summed E-state index contributed by atoms with van der Waals surface area (Å²) in [6, 6.07) is 7.44. The summed E-state index contributed by atoms with van der Waals surface area (Å²) in [6.07, 6.45) is 0. The second kappa shape index (κ2) is 5.61. The summed E-state index contributed by atoms with van der Waals surface area (Å²) in [6.45, 7) is 0. The minimum Gasteiger partial charge on any atom is -0.495 e. The van der Waals surface area contributed by atoms with E-state index in [1.165, 1.54) is 0 Å². The third-order valence-corrected chi connectivity index (χ3v) is 1.47. The van der Waals surface area contributed by atoms with Crippen LogP contribution in [0.2, 0.25) is 0 Å². The van der Waals surface area contributed by atoms with Crippen molar-refractivity contribution in [1.82, 2.24) is 0 Å². The second-order valence-corrected chi connectivity index (χ2v) is 2.63. The molecule has 0 unspecified atom stereocenters. The standard InChI is InChI=1S/C8H10N2OS.ClH/c1-11-7-5-3-2-4-6(7)10-8(9)12;/h2-5H,1H3,(H3,9,10,12);1H. The number of nitrogens with one attached hydrogen (secondary N) is 1. The number of anilines is 1. The van der Waals surface area contributed by atoms with E-state index in [0.29, 0.717) is 0 Å². The average Bonchev–Trinajstić information content (AvgIpc) is 2.04. The summed E-state index contributed by atoms with van der Waals surface area (Å²) in [5.74, 6) is 0.727. The molecule has 1 aromatic carbocycles. The fourth-order valence-corrected chi connectivity index (χ4v) is 0.991.